The van der Waals surface area contributed by atoms with E-state index in [0.717, 1.165) is 18.3 Å². The molecule has 2 aromatic heterocycles. The second-order valence-electron chi connectivity index (χ2n) is 11.4. The standard InChI is InChI=1S/C31H35F4N7O2/c1-5-21-6-7-28(39-38-21)41-10-8-20(9-11-41)22-12-26(27(14-25(22)32)42-16-18(2)40(4)19(3)17-42)37-30(44)23-15-36-29(43)13-24(23)31(33,34)35/h6-8,12-15,18-19H,5,9-11,16-17H2,1-4H3,(H,36,43)(H,37,44)/t18-,19+. The van der Waals surface area contributed by atoms with Crippen molar-refractivity contribution in [2.24, 2.45) is 0 Å². The summed E-state index contributed by atoms with van der Waals surface area (Å²) in [6, 6.07) is 7.21. The Morgan fingerprint density at radius 2 is 1.82 bits per heavy atom. The number of carbonyl (C=O) groups is 1. The summed E-state index contributed by atoms with van der Waals surface area (Å²) in [5.41, 5.74) is -0.682. The van der Waals surface area contributed by atoms with Crippen LogP contribution in [0, 0.1) is 5.82 Å². The third kappa shape index (κ3) is 6.47. The molecular weight excluding hydrogens is 578 g/mol. The van der Waals surface area contributed by atoms with Gasteiger partial charge < -0.3 is 20.1 Å². The molecule has 4 heterocycles. The number of halogens is 4. The zero-order chi connectivity index (χ0) is 31.8. The summed E-state index contributed by atoms with van der Waals surface area (Å²) in [6.45, 7) is 8.10. The fraction of sp³-hybridized carbons (Fsp3) is 0.419. The Morgan fingerprint density at radius 1 is 1.09 bits per heavy atom. The highest BCUT2D eigenvalue weighted by Crippen LogP contribution is 2.37. The van der Waals surface area contributed by atoms with Gasteiger partial charge in [0, 0.05) is 56.1 Å². The van der Waals surface area contributed by atoms with Crippen LogP contribution in [0.3, 0.4) is 0 Å². The number of benzene rings is 1. The molecule has 234 valence electrons. The van der Waals surface area contributed by atoms with E-state index in [1.54, 1.807) is 0 Å². The van der Waals surface area contributed by atoms with Crippen LogP contribution in [0.25, 0.3) is 5.57 Å². The number of hydrogen-bond acceptors (Lipinski definition) is 7. The van der Waals surface area contributed by atoms with Gasteiger partial charge in [0.15, 0.2) is 5.82 Å². The Hall–Kier alpha value is -4.26. The molecule has 1 fully saturated rings. The summed E-state index contributed by atoms with van der Waals surface area (Å²) >= 11 is 0. The summed E-state index contributed by atoms with van der Waals surface area (Å²) in [5.74, 6) is -0.856. The van der Waals surface area contributed by atoms with E-state index in [4.69, 9.17) is 0 Å². The number of hydrogen-bond donors (Lipinski definition) is 2. The minimum absolute atomic E-state index is 0.0996. The molecule has 0 spiro atoms. The first kappa shape index (κ1) is 31.2. The van der Waals surface area contributed by atoms with Gasteiger partial charge in [-0.1, -0.05) is 13.0 Å². The van der Waals surface area contributed by atoms with Gasteiger partial charge in [0.25, 0.3) is 5.91 Å². The van der Waals surface area contributed by atoms with Gasteiger partial charge in [-0.05, 0) is 63.6 Å². The SMILES string of the molecule is CCc1ccc(N2CC=C(c3cc(NC(=O)c4c[nH]c(=O)cc4C(F)(F)F)c(N4C[C@@H](C)N(C)[C@@H](C)C4)cc3F)CC2)nn1. The van der Waals surface area contributed by atoms with E-state index in [9.17, 15) is 22.8 Å². The van der Waals surface area contributed by atoms with Crippen LogP contribution in [0.5, 0.6) is 0 Å². The summed E-state index contributed by atoms with van der Waals surface area (Å²) in [5, 5.41) is 11.1. The quantitative estimate of drug-likeness (QED) is 0.380. The van der Waals surface area contributed by atoms with Gasteiger partial charge in [-0.2, -0.15) is 18.3 Å². The number of nitrogens with zero attached hydrogens (tertiary/aromatic N) is 5. The number of nitrogens with one attached hydrogen (secondary N) is 2. The highest BCUT2D eigenvalue weighted by Gasteiger charge is 2.36. The van der Waals surface area contributed by atoms with E-state index in [0.29, 0.717) is 55.7 Å². The number of piperazine rings is 1. The van der Waals surface area contributed by atoms with Crippen molar-refractivity contribution in [3.63, 3.8) is 0 Å². The van der Waals surface area contributed by atoms with Gasteiger partial charge >= 0.3 is 6.18 Å². The smallest absolute Gasteiger partial charge is 0.367 e. The third-order valence-corrected chi connectivity index (χ3v) is 8.46. The van der Waals surface area contributed by atoms with Crippen molar-refractivity contribution in [1.29, 1.82) is 0 Å². The maximum absolute atomic E-state index is 15.9. The Balaban J connectivity index is 1.51. The molecule has 2 atom stereocenters. The highest BCUT2D eigenvalue weighted by molar-refractivity contribution is 6.07. The second-order valence-corrected chi connectivity index (χ2v) is 11.4. The maximum Gasteiger partial charge on any atom is 0.417 e. The van der Waals surface area contributed by atoms with Crippen molar-refractivity contribution in [3.05, 3.63) is 81.2 Å². The Bertz CT molecular complexity index is 1610. The number of amides is 1. The topological polar surface area (TPSA) is 97.5 Å². The number of carbonyl (C=O) groups excluding carboxylic acids is 1. The molecule has 9 nitrogen and oxygen atoms in total. The first-order valence-corrected chi connectivity index (χ1v) is 14.5. The van der Waals surface area contributed by atoms with Crippen LogP contribution in [0.15, 0.2) is 47.4 Å². The molecule has 0 aliphatic carbocycles. The number of likely N-dealkylation sites (N-methyl/N-ethyl adjacent to an activating group) is 1. The fourth-order valence-electron chi connectivity index (χ4n) is 5.69. The Kier molecular flexibility index (Phi) is 8.78. The predicted octanol–water partition coefficient (Wildman–Crippen LogP) is 4.96. The molecule has 44 heavy (non-hydrogen) atoms. The average molecular weight is 614 g/mol. The van der Waals surface area contributed by atoms with Gasteiger partial charge in [0.2, 0.25) is 5.56 Å². The van der Waals surface area contributed by atoms with E-state index in [1.807, 2.05) is 55.8 Å². The first-order valence-electron chi connectivity index (χ1n) is 14.5. The van der Waals surface area contributed by atoms with Crippen LogP contribution < -0.4 is 20.7 Å². The minimum atomic E-state index is -4.93. The molecule has 3 aromatic rings. The van der Waals surface area contributed by atoms with Crippen molar-refractivity contribution in [1.82, 2.24) is 20.1 Å². The third-order valence-electron chi connectivity index (χ3n) is 8.46. The number of rotatable bonds is 6. The minimum Gasteiger partial charge on any atom is -0.367 e. The molecule has 0 unspecified atom stereocenters. The van der Waals surface area contributed by atoms with E-state index >= 15 is 4.39 Å². The molecule has 2 aliphatic rings. The van der Waals surface area contributed by atoms with Crippen molar-refractivity contribution in [2.75, 3.05) is 48.3 Å². The van der Waals surface area contributed by atoms with Gasteiger partial charge in [-0.25, -0.2) is 4.39 Å². The van der Waals surface area contributed by atoms with Gasteiger partial charge in [0.05, 0.1) is 28.2 Å². The van der Waals surface area contributed by atoms with Crippen LogP contribution >= 0.6 is 0 Å². The monoisotopic (exact) mass is 613 g/mol. The fourth-order valence-corrected chi connectivity index (χ4v) is 5.69. The zero-order valence-electron chi connectivity index (χ0n) is 25.0. The molecular formula is C31H35F4N7O2. The molecule has 2 aliphatic heterocycles. The van der Waals surface area contributed by atoms with E-state index < -0.39 is 34.6 Å². The van der Waals surface area contributed by atoms with Crippen molar-refractivity contribution < 1.29 is 22.4 Å². The lowest BCUT2D eigenvalue weighted by atomic mass is 9.96. The number of aromatic nitrogens is 3. The molecule has 13 heteroatoms. The molecule has 0 radical (unpaired) electrons. The van der Waals surface area contributed by atoms with Gasteiger partial charge in [-0.15, -0.1) is 5.10 Å². The number of aryl methyl sites for hydroxylation is 1. The molecule has 0 saturated carbocycles. The van der Waals surface area contributed by atoms with Crippen LogP contribution in [0.1, 0.15) is 54.4 Å². The second kappa shape index (κ2) is 12.4. The summed E-state index contributed by atoms with van der Waals surface area (Å²) in [7, 11) is 2.00. The van der Waals surface area contributed by atoms with E-state index in [-0.39, 0.29) is 23.3 Å². The summed E-state index contributed by atoms with van der Waals surface area (Å²) in [4.78, 5) is 33.3. The zero-order valence-corrected chi connectivity index (χ0v) is 25.0. The highest BCUT2D eigenvalue weighted by atomic mass is 19.4. The number of anilines is 3. The molecule has 1 aromatic carbocycles. The average Bonchev–Trinajstić information content (AvgIpc) is 3.00. The van der Waals surface area contributed by atoms with Gasteiger partial charge in [0.1, 0.15) is 5.82 Å². The largest absolute Gasteiger partial charge is 0.417 e. The predicted molar refractivity (Wildman–Crippen MR) is 162 cm³/mol. The first-order chi connectivity index (χ1) is 20.8. The van der Waals surface area contributed by atoms with Gasteiger partial charge in [-0.3, -0.25) is 14.5 Å². The maximum atomic E-state index is 15.9. The number of alkyl halides is 3. The molecule has 2 N–H and O–H groups in total. The van der Waals surface area contributed by atoms with E-state index in [1.165, 1.54) is 12.1 Å². The van der Waals surface area contributed by atoms with E-state index in [2.05, 4.69) is 25.4 Å². The molecule has 1 amide bonds. The lowest BCUT2D eigenvalue weighted by molar-refractivity contribution is -0.138. The Labute approximate surface area is 252 Å². The number of aromatic amines is 1. The van der Waals surface area contributed by atoms with Crippen LogP contribution in [-0.4, -0.2) is 71.3 Å². The van der Waals surface area contributed by atoms with Crippen LogP contribution in [0.4, 0.5) is 34.8 Å². The summed E-state index contributed by atoms with van der Waals surface area (Å²) < 4.78 is 57.1. The lowest BCUT2D eigenvalue weighted by Crippen LogP contribution is -2.55. The molecule has 0 bridgehead atoms. The molecule has 1 saturated heterocycles. The lowest BCUT2D eigenvalue weighted by Gasteiger charge is -2.44. The molecule has 5 rings (SSSR count). The number of H-pyrrole nitrogens is 1. The number of pyridine rings is 1. The normalized spacial score (nSPS) is 19.6. The van der Waals surface area contributed by atoms with Crippen molar-refractivity contribution in [3.8, 4) is 0 Å². The van der Waals surface area contributed by atoms with Crippen LogP contribution in [-0.2, 0) is 12.6 Å². The van der Waals surface area contributed by atoms with Crippen molar-refractivity contribution >= 4 is 28.7 Å². The van der Waals surface area contributed by atoms with Crippen molar-refractivity contribution in [2.45, 2.75) is 51.9 Å². The summed E-state index contributed by atoms with van der Waals surface area (Å²) in [6.07, 6.45) is -1.05. The Morgan fingerprint density at radius 3 is 2.41 bits per heavy atom. The van der Waals surface area contributed by atoms with Crippen LogP contribution in [0.2, 0.25) is 0 Å².